The number of nitrogens with one attached hydrogen (secondary N) is 2. The van der Waals surface area contributed by atoms with Crippen LogP contribution >= 0.6 is 55.4 Å². The van der Waals surface area contributed by atoms with Crippen molar-refractivity contribution in [1.29, 1.82) is 0 Å². The van der Waals surface area contributed by atoms with E-state index in [9.17, 15) is 4.79 Å². The Bertz CT molecular complexity index is 1070. The van der Waals surface area contributed by atoms with E-state index >= 15 is 0 Å². The Kier molecular flexibility index (Phi) is 5.11. The Morgan fingerprint density at radius 3 is 2.44 bits per heavy atom. The van der Waals surface area contributed by atoms with E-state index in [1.54, 1.807) is 7.11 Å². The lowest BCUT2D eigenvalue weighted by molar-refractivity contribution is 0.0939. The first-order valence-corrected chi connectivity index (χ1v) is 10.7. The van der Waals surface area contributed by atoms with Gasteiger partial charge in [-0.2, -0.15) is 0 Å². The first kappa shape index (κ1) is 18.7. The minimum atomic E-state index is -0.400. The molecule has 0 radical (unpaired) electrons. The van der Waals surface area contributed by atoms with Crippen molar-refractivity contribution in [1.82, 2.24) is 9.88 Å². The summed E-state index contributed by atoms with van der Waals surface area (Å²) >= 11 is 13.8. The molecule has 1 aromatic heterocycles. The van der Waals surface area contributed by atoms with E-state index in [0.29, 0.717) is 20.4 Å². The van der Waals surface area contributed by atoms with E-state index in [1.165, 1.54) is 11.3 Å². The fourth-order valence-electron chi connectivity index (χ4n) is 2.95. The zero-order valence-electron chi connectivity index (χ0n) is 14.0. The van der Waals surface area contributed by atoms with E-state index in [2.05, 4.69) is 42.5 Å². The largest absolute Gasteiger partial charge is 0.494 e. The van der Waals surface area contributed by atoms with Crippen molar-refractivity contribution < 1.29 is 9.53 Å². The highest BCUT2D eigenvalue weighted by molar-refractivity contribution is 9.11. The highest BCUT2D eigenvalue weighted by Crippen LogP contribution is 2.39. The van der Waals surface area contributed by atoms with Gasteiger partial charge in [-0.15, -0.1) is 0 Å². The normalized spacial score (nSPS) is 15.7. The van der Waals surface area contributed by atoms with Crippen LogP contribution in [0.4, 0.5) is 5.82 Å². The Balaban J connectivity index is 1.80. The van der Waals surface area contributed by atoms with Gasteiger partial charge >= 0.3 is 0 Å². The third-order valence-corrected chi connectivity index (χ3v) is 6.70. The minimum absolute atomic E-state index is 0.150. The number of benzene rings is 2. The van der Waals surface area contributed by atoms with Gasteiger partial charge in [0.15, 0.2) is 3.95 Å². The maximum Gasteiger partial charge on any atom is 0.267 e. The van der Waals surface area contributed by atoms with Gasteiger partial charge in [0.2, 0.25) is 0 Å². The van der Waals surface area contributed by atoms with Gasteiger partial charge in [-0.05, 0) is 73.9 Å². The molecule has 0 saturated carbocycles. The van der Waals surface area contributed by atoms with E-state index in [0.717, 1.165) is 20.2 Å². The predicted octanol–water partition coefficient (Wildman–Crippen LogP) is 5.66. The number of carbonyl (C=O) groups is 1. The molecule has 4 rings (SSSR count). The monoisotopic (exact) mass is 525 g/mol. The zero-order valence-corrected chi connectivity index (χ0v) is 18.8. The first-order chi connectivity index (χ1) is 13.0. The Hall–Kier alpha value is -1.68. The molecule has 1 aliphatic heterocycles. The molecule has 1 atom stereocenters. The molecule has 5 nitrogen and oxygen atoms in total. The van der Waals surface area contributed by atoms with Crippen LogP contribution < -0.4 is 15.4 Å². The van der Waals surface area contributed by atoms with Crippen molar-refractivity contribution in [2.75, 3.05) is 12.4 Å². The van der Waals surface area contributed by atoms with E-state index in [4.69, 9.17) is 17.0 Å². The number of anilines is 1. The molecule has 0 spiro atoms. The summed E-state index contributed by atoms with van der Waals surface area (Å²) in [5.41, 5.74) is 1.79. The summed E-state index contributed by atoms with van der Waals surface area (Å²) in [7, 11) is 1.61. The van der Waals surface area contributed by atoms with Crippen molar-refractivity contribution >= 4 is 67.1 Å². The number of rotatable bonds is 3. The maximum absolute atomic E-state index is 12.7. The average molecular weight is 527 g/mol. The highest BCUT2D eigenvalue weighted by Gasteiger charge is 2.30. The number of carbonyl (C=O) groups excluding carboxylic acids is 1. The third-order valence-electron chi connectivity index (χ3n) is 4.15. The summed E-state index contributed by atoms with van der Waals surface area (Å²) in [5, 5.41) is 6.41. The minimum Gasteiger partial charge on any atom is -0.494 e. The second-order valence-corrected chi connectivity index (χ2v) is 9.14. The van der Waals surface area contributed by atoms with Crippen LogP contribution in [0.1, 0.15) is 21.4 Å². The van der Waals surface area contributed by atoms with Gasteiger partial charge in [0.25, 0.3) is 5.91 Å². The lowest BCUT2D eigenvalue weighted by Gasteiger charge is -2.27. The third kappa shape index (κ3) is 3.33. The van der Waals surface area contributed by atoms with Crippen LogP contribution in [0.2, 0.25) is 0 Å². The van der Waals surface area contributed by atoms with Gasteiger partial charge in [-0.1, -0.05) is 29.5 Å². The molecule has 2 heterocycles. The van der Waals surface area contributed by atoms with Crippen molar-refractivity contribution in [2.24, 2.45) is 0 Å². The van der Waals surface area contributed by atoms with Crippen LogP contribution in [0.5, 0.6) is 5.75 Å². The molecule has 0 aliphatic carbocycles. The molecule has 2 aromatic carbocycles. The summed E-state index contributed by atoms with van der Waals surface area (Å²) in [6.45, 7) is 0. The fourth-order valence-corrected chi connectivity index (χ4v) is 5.80. The number of nitrogens with zero attached hydrogens (tertiary/aromatic N) is 1. The van der Waals surface area contributed by atoms with Gasteiger partial charge in [0.05, 0.1) is 16.1 Å². The number of halogens is 2. The standard InChI is InChI=1S/C18H13Br2N3O2S2/c1-25-13-11(19)7-9(8-12(13)20)15-21-16-14(17(24)22-15)27-18(26)23(16)10-5-3-2-4-6-10/h2-8,15,21H,1H3,(H,22,24)/t15-/m1/s1. The van der Waals surface area contributed by atoms with Crippen molar-refractivity contribution in [3.8, 4) is 11.4 Å². The van der Waals surface area contributed by atoms with Gasteiger partial charge in [0.1, 0.15) is 22.6 Å². The van der Waals surface area contributed by atoms with Gasteiger partial charge in [-0.25, -0.2) is 0 Å². The Morgan fingerprint density at radius 2 is 1.81 bits per heavy atom. The number of hydrogen-bond donors (Lipinski definition) is 2. The van der Waals surface area contributed by atoms with E-state index in [-0.39, 0.29) is 5.91 Å². The van der Waals surface area contributed by atoms with Crippen molar-refractivity contribution in [2.45, 2.75) is 6.17 Å². The molecule has 1 aliphatic rings. The van der Waals surface area contributed by atoms with Crippen LogP contribution in [0.15, 0.2) is 51.4 Å². The van der Waals surface area contributed by atoms with Crippen molar-refractivity contribution in [3.05, 3.63) is 65.8 Å². The Morgan fingerprint density at radius 1 is 1.15 bits per heavy atom. The molecular weight excluding hydrogens is 514 g/mol. The molecule has 138 valence electrons. The number of para-hydroxylation sites is 1. The van der Waals surface area contributed by atoms with Crippen molar-refractivity contribution in [3.63, 3.8) is 0 Å². The lowest BCUT2D eigenvalue weighted by Crippen LogP contribution is -2.38. The smallest absolute Gasteiger partial charge is 0.267 e. The van der Waals surface area contributed by atoms with Gasteiger partial charge in [0, 0.05) is 5.69 Å². The Labute approximate surface area is 181 Å². The van der Waals surface area contributed by atoms with Gasteiger partial charge < -0.3 is 15.4 Å². The number of fused-ring (bicyclic) bond motifs is 1. The number of amides is 1. The van der Waals surface area contributed by atoms with Crippen LogP contribution in [0.25, 0.3) is 5.69 Å². The summed E-state index contributed by atoms with van der Waals surface area (Å²) in [6.07, 6.45) is -0.400. The molecule has 0 saturated heterocycles. The second kappa shape index (κ2) is 7.38. The maximum atomic E-state index is 12.7. The topological polar surface area (TPSA) is 55.3 Å². The van der Waals surface area contributed by atoms with Crippen LogP contribution in [0.3, 0.4) is 0 Å². The zero-order chi connectivity index (χ0) is 19.1. The number of hydrogen-bond acceptors (Lipinski definition) is 5. The van der Waals surface area contributed by atoms with E-state index in [1.807, 2.05) is 47.0 Å². The first-order valence-electron chi connectivity index (χ1n) is 7.91. The molecular formula is C18H13Br2N3O2S2. The molecule has 0 fully saturated rings. The second-order valence-electron chi connectivity index (χ2n) is 5.79. The molecule has 3 aromatic rings. The number of thiazole rings is 1. The number of methoxy groups -OCH3 is 1. The van der Waals surface area contributed by atoms with Gasteiger partial charge in [-0.3, -0.25) is 9.36 Å². The average Bonchev–Trinajstić information content (AvgIpc) is 2.98. The SMILES string of the molecule is COc1c(Br)cc([C@H]2NC(=O)c3sc(=S)n(-c4ccccc4)c3N2)cc1Br. The fraction of sp³-hybridized carbons (Fsp3) is 0.111. The molecule has 9 heteroatoms. The molecule has 27 heavy (non-hydrogen) atoms. The van der Waals surface area contributed by atoms with Crippen LogP contribution in [0, 0.1) is 3.95 Å². The lowest BCUT2D eigenvalue weighted by atomic mass is 10.1. The summed E-state index contributed by atoms with van der Waals surface area (Å²) in [4.78, 5) is 13.3. The highest BCUT2D eigenvalue weighted by atomic mass is 79.9. The molecule has 1 amide bonds. The molecule has 0 unspecified atom stereocenters. The quantitative estimate of drug-likeness (QED) is 0.432. The molecule has 0 bridgehead atoms. The summed E-state index contributed by atoms with van der Waals surface area (Å²) in [6, 6.07) is 13.6. The van der Waals surface area contributed by atoms with Crippen LogP contribution in [-0.4, -0.2) is 17.6 Å². The number of aromatic nitrogens is 1. The summed E-state index contributed by atoms with van der Waals surface area (Å²) in [5.74, 6) is 1.25. The molecule has 2 N–H and O–H groups in total. The number of ether oxygens (including phenoxy) is 1. The van der Waals surface area contributed by atoms with E-state index < -0.39 is 6.17 Å². The predicted molar refractivity (Wildman–Crippen MR) is 117 cm³/mol. The van der Waals surface area contributed by atoms with Crippen LogP contribution in [-0.2, 0) is 0 Å². The summed E-state index contributed by atoms with van der Waals surface area (Å²) < 4.78 is 9.46.